The molecule has 0 saturated heterocycles. The van der Waals surface area contributed by atoms with Crippen LogP contribution in [0.4, 0.5) is 5.69 Å². The van der Waals surface area contributed by atoms with E-state index in [1.165, 1.54) is 11.1 Å². The molecular weight excluding hydrogens is 376 g/mol. The number of para-hydroxylation sites is 1. The van der Waals surface area contributed by atoms with E-state index in [0.29, 0.717) is 11.4 Å². The monoisotopic (exact) mass is 400 g/mol. The van der Waals surface area contributed by atoms with Gasteiger partial charge < -0.3 is 14.5 Å². The van der Waals surface area contributed by atoms with Crippen LogP contribution in [0.2, 0.25) is 0 Å². The first-order valence-electron chi connectivity index (χ1n) is 10.2. The molecule has 1 atom stereocenters. The molecule has 0 bridgehead atoms. The van der Waals surface area contributed by atoms with Crippen LogP contribution in [0.1, 0.15) is 18.1 Å². The number of benzene rings is 3. The number of hydrogen-bond acceptors (Lipinski definition) is 4. The number of nitrogens with zero attached hydrogens (tertiary/aromatic N) is 1. The Kier molecular flexibility index (Phi) is 4.68. The van der Waals surface area contributed by atoms with Crippen LogP contribution in [-0.4, -0.2) is 30.5 Å². The number of fused-ring (bicyclic) bond motifs is 4. The predicted octanol–water partition coefficient (Wildman–Crippen LogP) is 4.98. The van der Waals surface area contributed by atoms with Gasteiger partial charge in [-0.1, -0.05) is 42.5 Å². The van der Waals surface area contributed by atoms with Crippen LogP contribution in [0.3, 0.4) is 0 Å². The zero-order valence-corrected chi connectivity index (χ0v) is 17.1. The average Bonchev–Trinajstić information content (AvgIpc) is 3.15. The highest BCUT2D eigenvalue weighted by Gasteiger charge is 2.26. The van der Waals surface area contributed by atoms with Gasteiger partial charge in [-0.3, -0.25) is 9.69 Å². The lowest BCUT2D eigenvalue weighted by atomic mass is 9.99. The molecule has 0 aliphatic carbocycles. The van der Waals surface area contributed by atoms with E-state index >= 15 is 0 Å². The maximum absolute atomic E-state index is 13.1. The molecule has 0 unspecified atom stereocenters. The Balaban J connectivity index is 1.40. The first-order chi connectivity index (χ1) is 14.6. The maximum Gasteiger partial charge on any atom is 0.241 e. The Morgan fingerprint density at radius 1 is 1.03 bits per heavy atom. The van der Waals surface area contributed by atoms with E-state index in [1.54, 1.807) is 7.11 Å². The van der Waals surface area contributed by atoms with Gasteiger partial charge in [-0.2, -0.15) is 0 Å². The van der Waals surface area contributed by atoms with Crippen LogP contribution in [0.25, 0.3) is 21.9 Å². The summed E-state index contributed by atoms with van der Waals surface area (Å²) in [6.45, 7) is 3.60. The maximum atomic E-state index is 13.1. The van der Waals surface area contributed by atoms with Crippen molar-refractivity contribution < 1.29 is 13.9 Å². The minimum atomic E-state index is -0.255. The average molecular weight is 400 g/mol. The number of rotatable bonds is 4. The molecule has 4 aromatic rings. The number of nitrogens with one attached hydrogen (secondary N) is 1. The molecule has 1 aliphatic rings. The smallest absolute Gasteiger partial charge is 0.241 e. The molecule has 5 heteroatoms. The number of furan rings is 1. The second kappa shape index (κ2) is 7.50. The van der Waals surface area contributed by atoms with E-state index in [9.17, 15) is 4.79 Å². The van der Waals surface area contributed by atoms with Crippen LogP contribution < -0.4 is 10.1 Å². The molecule has 1 aromatic heterocycles. The van der Waals surface area contributed by atoms with Crippen molar-refractivity contribution in [1.82, 2.24) is 4.90 Å². The summed E-state index contributed by atoms with van der Waals surface area (Å²) >= 11 is 0. The molecular formula is C25H24N2O3. The molecule has 0 spiro atoms. The van der Waals surface area contributed by atoms with E-state index in [-0.39, 0.29) is 11.9 Å². The van der Waals surface area contributed by atoms with Gasteiger partial charge >= 0.3 is 0 Å². The minimum absolute atomic E-state index is 0.0526. The number of methoxy groups -OCH3 is 1. The first kappa shape index (κ1) is 18.7. The van der Waals surface area contributed by atoms with Gasteiger partial charge in [-0.25, -0.2) is 0 Å². The summed E-state index contributed by atoms with van der Waals surface area (Å²) in [5.74, 6) is 0.571. The Hall–Kier alpha value is -3.31. The topological polar surface area (TPSA) is 54.7 Å². The van der Waals surface area contributed by atoms with E-state index in [1.807, 2.05) is 43.3 Å². The number of ether oxygens (including phenoxy) is 1. The fourth-order valence-corrected chi connectivity index (χ4v) is 4.27. The Labute approximate surface area is 175 Å². The van der Waals surface area contributed by atoms with Gasteiger partial charge in [0.25, 0.3) is 0 Å². The van der Waals surface area contributed by atoms with Gasteiger partial charge in [0, 0.05) is 29.9 Å². The SMILES string of the molecule is COc1cc2c(cc1NC(=O)[C@H](C)N1CCc3ccccc3C1)oc1ccccc12. The van der Waals surface area contributed by atoms with Crippen LogP contribution in [0.5, 0.6) is 5.75 Å². The highest BCUT2D eigenvalue weighted by atomic mass is 16.5. The van der Waals surface area contributed by atoms with Gasteiger partial charge in [0.05, 0.1) is 18.8 Å². The number of hydrogen-bond donors (Lipinski definition) is 1. The van der Waals surface area contributed by atoms with Gasteiger partial charge in [-0.15, -0.1) is 0 Å². The molecule has 5 nitrogen and oxygen atoms in total. The highest BCUT2D eigenvalue weighted by molar-refractivity contribution is 6.08. The summed E-state index contributed by atoms with van der Waals surface area (Å²) in [5.41, 5.74) is 4.84. The fraction of sp³-hybridized carbons (Fsp3) is 0.240. The second-order valence-electron chi connectivity index (χ2n) is 7.80. The zero-order valence-electron chi connectivity index (χ0n) is 17.1. The Morgan fingerprint density at radius 2 is 1.80 bits per heavy atom. The molecule has 1 aliphatic heterocycles. The molecule has 1 amide bonds. The number of amides is 1. The zero-order chi connectivity index (χ0) is 20.7. The molecule has 152 valence electrons. The summed E-state index contributed by atoms with van der Waals surface area (Å²) in [5, 5.41) is 5.06. The molecule has 5 rings (SSSR count). The van der Waals surface area contributed by atoms with Crippen molar-refractivity contribution >= 4 is 33.5 Å². The van der Waals surface area contributed by atoms with Crippen molar-refractivity contribution in [2.75, 3.05) is 19.0 Å². The van der Waals surface area contributed by atoms with Crippen molar-refractivity contribution in [2.24, 2.45) is 0 Å². The van der Waals surface area contributed by atoms with Crippen molar-refractivity contribution in [3.63, 3.8) is 0 Å². The lowest BCUT2D eigenvalue weighted by Crippen LogP contribution is -2.44. The molecule has 30 heavy (non-hydrogen) atoms. The molecule has 0 saturated carbocycles. The number of carbonyl (C=O) groups is 1. The second-order valence-corrected chi connectivity index (χ2v) is 7.80. The van der Waals surface area contributed by atoms with Crippen LogP contribution in [0, 0.1) is 0 Å². The fourth-order valence-electron chi connectivity index (χ4n) is 4.27. The summed E-state index contributed by atoms with van der Waals surface area (Å²) in [6, 6.07) is 19.9. The predicted molar refractivity (Wildman–Crippen MR) is 119 cm³/mol. The quantitative estimate of drug-likeness (QED) is 0.525. The van der Waals surface area contributed by atoms with E-state index in [0.717, 1.165) is 41.4 Å². The molecule has 0 fully saturated rings. The third-order valence-corrected chi connectivity index (χ3v) is 6.04. The number of carbonyl (C=O) groups excluding carboxylic acids is 1. The lowest BCUT2D eigenvalue weighted by molar-refractivity contribution is -0.121. The standard InChI is InChI=1S/C25H24N2O3/c1-16(27-12-11-17-7-3-4-8-18(17)15-27)25(28)26-21-14-23-20(13-24(21)29-2)19-9-5-6-10-22(19)30-23/h3-10,13-14,16H,11-12,15H2,1-2H3,(H,26,28)/t16-/m0/s1. The Bertz CT molecular complexity index is 1240. The van der Waals surface area contributed by atoms with Gasteiger partial charge in [0.15, 0.2) is 0 Å². The van der Waals surface area contributed by atoms with Crippen LogP contribution in [-0.2, 0) is 17.8 Å². The summed E-state index contributed by atoms with van der Waals surface area (Å²) in [7, 11) is 1.62. The van der Waals surface area contributed by atoms with Gasteiger partial charge in [0.2, 0.25) is 5.91 Å². The third-order valence-electron chi connectivity index (χ3n) is 6.04. The number of anilines is 1. The van der Waals surface area contributed by atoms with Crippen LogP contribution in [0.15, 0.2) is 65.1 Å². The molecule has 0 radical (unpaired) electrons. The summed E-state index contributed by atoms with van der Waals surface area (Å²) in [4.78, 5) is 15.3. The van der Waals surface area contributed by atoms with Crippen molar-refractivity contribution in [3.05, 3.63) is 71.8 Å². The third kappa shape index (κ3) is 3.21. The van der Waals surface area contributed by atoms with Gasteiger partial charge in [-0.05, 0) is 36.6 Å². The lowest BCUT2D eigenvalue weighted by Gasteiger charge is -2.33. The molecule has 1 N–H and O–H groups in total. The van der Waals surface area contributed by atoms with Crippen molar-refractivity contribution in [3.8, 4) is 5.75 Å². The Morgan fingerprint density at radius 3 is 2.63 bits per heavy atom. The summed E-state index contributed by atoms with van der Waals surface area (Å²) < 4.78 is 11.5. The van der Waals surface area contributed by atoms with Crippen LogP contribution >= 0.6 is 0 Å². The largest absolute Gasteiger partial charge is 0.495 e. The molecule has 3 aromatic carbocycles. The minimum Gasteiger partial charge on any atom is -0.495 e. The van der Waals surface area contributed by atoms with E-state index < -0.39 is 0 Å². The van der Waals surface area contributed by atoms with E-state index in [4.69, 9.17) is 9.15 Å². The van der Waals surface area contributed by atoms with E-state index in [2.05, 4.69) is 34.5 Å². The highest BCUT2D eigenvalue weighted by Crippen LogP contribution is 2.36. The first-order valence-corrected chi connectivity index (χ1v) is 10.2. The van der Waals surface area contributed by atoms with Gasteiger partial charge in [0.1, 0.15) is 16.9 Å². The van der Waals surface area contributed by atoms with Crippen molar-refractivity contribution in [1.29, 1.82) is 0 Å². The summed E-state index contributed by atoms with van der Waals surface area (Å²) in [6.07, 6.45) is 0.960. The van der Waals surface area contributed by atoms with Crippen molar-refractivity contribution in [2.45, 2.75) is 25.9 Å². The molecule has 2 heterocycles. The normalized spacial score (nSPS) is 15.1.